The normalized spacial score (nSPS) is 14.9. The third-order valence-corrected chi connectivity index (χ3v) is 3.39. The standard InChI is InChI=1S/C13H20NSi/c1-4-11(10(3)14-5-2)12-8-6-7-9-13(12)15/h6-11,14H,4-5H2,1-3H3. The molecule has 1 rings (SSSR count). The van der Waals surface area contributed by atoms with Crippen LogP contribution in [0.15, 0.2) is 24.3 Å². The Morgan fingerprint density at radius 3 is 2.47 bits per heavy atom. The summed E-state index contributed by atoms with van der Waals surface area (Å²) < 4.78 is 0. The molecular formula is C13H20NSi. The monoisotopic (exact) mass is 218 g/mol. The smallest absolute Gasteiger partial charge is 0.0715 e. The van der Waals surface area contributed by atoms with E-state index in [4.69, 9.17) is 0 Å². The third kappa shape index (κ3) is 3.18. The zero-order valence-electron chi connectivity index (χ0n) is 9.88. The second-order valence-electron chi connectivity index (χ2n) is 3.95. The Bertz CT molecular complexity index is 298. The molecule has 2 atom stereocenters. The van der Waals surface area contributed by atoms with Crippen LogP contribution in [0.2, 0.25) is 0 Å². The molecule has 0 spiro atoms. The van der Waals surface area contributed by atoms with E-state index in [-0.39, 0.29) is 0 Å². The van der Waals surface area contributed by atoms with Crippen molar-refractivity contribution in [2.45, 2.75) is 39.2 Å². The fourth-order valence-electron chi connectivity index (χ4n) is 2.13. The van der Waals surface area contributed by atoms with Crippen molar-refractivity contribution in [1.82, 2.24) is 5.32 Å². The van der Waals surface area contributed by atoms with Gasteiger partial charge in [0.05, 0.1) is 10.2 Å². The molecule has 1 N–H and O–H groups in total. The Balaban J connectivity index is 2.87. The van der Waals surface area contributed by atoms with Gasteiger partial charge in [0.2, 0.25) is 0 Å². The summed E-state index contributed by atoms with van der Waals surface area (Å²) in [5.41, 5.74) is 1.41. The molecule has 0 aromatic heterocycles. The van der Waals surface area contributed by atoms with Gasteiger partial charge >= 0.3 is 0 Å². The summed E-state index contributed by atoms with van der Waals surface area (Å²) in [5, 5.41) is 4.72. The lowest BCUT2D eigenvalue weighted by Crippen LogP contribution is -2.34. The SMILES string of the molecule is CCNC(C)C(CC)c1ccccc1[Si]. The van der Waals surface area contributed by atoms with Crippen molar-refractivity contribution in [2.75, 3.05) is 6.54 Å². The highest BCUT2D eigenvalue weighted by atomic mass is 28.1. The minimum atomic E-state index is 0.525. The Labute approximate surface area is 96.7 Å². The second kappa shape index (κ2) is 6.08. The number of likely N-dealkylation sites (N-methyl/N-ethyl adjacent to an activating group) is 1. The molecule has 81 valence electrons. The minimum absolute atomic E-state index is 0.525. The van der Waals surface area contributed by atoms with Crippen molar-refractivity contribution in [3.63, 3.8) is 0 Å². The van der Waals surface area contributed by atoms with Gasteiger partial charge in [0.25, 0.3) is 0 Å². The molecular weight excluding hydrogens is 198 g/mol. The van der Waals surface area contributed by atoms with Gasteiger partial charge in [-0.05, 0) is 31.4 Å². The first-order valence-electron chi connectivity index (χ1n) is 5.74. The molecule has 1 aromatic carbocycles. The van der Waals surface area contributed by atoms with Crippen LogP contribution in [0.4, 0.5) is 0 Å². The van der Waals surface area contributed by atoms with Crippen molar-refractivity contribution in [2.24, 2.45) is 0 Å². The molecule has 2 heteroatoms. The first kappa shape index (κ1) is 12.5. The number of hydrogen-bond donors (Lipinski definition) is 1. The first-order chi connectivity index (χ1) is 7.20. The van der Waals surface area contributed by atoms with Crippen molar-refractivity contribution in [1.29, 1.82) is 0 Å². The molecule has 0 amide bonds. The van der Waals surface area contributed by atoms with Gasteiger partial charge in [-0.2, -0.15) is 0 Å². The molecule has 0 aliphatic heterocycles. The maximum atomic E-state index is 3.68. The maximum Gasteiger partial charge on any atom is 0.0715 e. The van der Waals surface area contributed by atoms with Gasteiger partial charge in [-0.25, -0.2) is 0 Å². The summed E-state index contributed by atoms with van der Waals surface area (Å²) >= 11 is 0. The molecule has 1 aromatic rings. The highest BCUT2D eigenvalue weighted by Gasteiger charge is 2.17. The van der Waals surface area contributed by atoms with Crippen LogP contribution in [-0.4, -0.2) is 22.8 Å². The van der Waals surface area contributed by atoms with E-state index >= 15 is 0 Å². The fourth-order valence-corrected chi connectivity index (χ4v) is 2.49. The zero-order valence-corrected chi connectivity index (χ0v) is 10.9. The van der Waals surface area contributed by atoms with Crippen LogP contribution in [-0.2, 0) is 0 Å². The van der Waals surface area contributed by atoms with E-state index in [9.17, 15) is 0 Å². The molecule has 0 aliphatic rings. The van der Waals surface area contributed by atoms with E-state index in [2.05, 4.69) is 60.6 Å². The van der Waals surface area contributed by atoms with Gasteiger partial charge in [-0.15, -0.1) is 0 Å². The van der Waals surface area contributed by atoms with Crippen LogP contribution in [0.25, 0.3) is 0 Å². The van der Waals surface area contributed by atoms with Gasteiger partial charge in [-0.1, -0.05) is 43.3 Å². The van der Waals surface area contributed by atoms with Gasteiger partial charge in [0.15, 0.2) is 0 Å². The number of nitrogens with one attached hydrogen (secondary N) is 1. The van der Waals surface area contributed by atoms with E-state index in [1.54, 1.807) is 0 Å². The summed E-state index contributed by atoms with van der Waals surface area (Å²) in [6, 6.07) is 9.03. The highest BCUT2D eigenvalue weighted by molar-refractivity contribution is 6.33. The van der Waals surface area contributed by atoms with E-state index in [1.165, 1.54) is 10.8 Å². The van der Waals surface area contributed by atoms with Gasteiger partial charge in [-0.3, -0.25) is 0 Å². The van der Waals surface area contributed by atoms with Crippen LogP contribution in [0, 0.1) is 0 Å². The first-order valence-corrected chi connectivity index (χ1v) is 6.24. The van der Waals surface area contributed by atoms with E-state index in [0.29, 0.717) is 12.0 Å². The van der Waals surface area contributed by atoms with Crippen LogP contribution in [0.3, 0.4) is 0 Å². The number of hydrogen-bond acceptors (Lipinski definition) is 1. The van der Waals surface area contributed by atoms with Crippen molar-refractivity contribution < 1.29 is 0 Å². The second-order valence-corrected chi connectivity index (χ2v) is 4.49. The lowest BCUT2D eigenvalue weighted by atomic mass is 9.90. The third-order valence-electron chi connectivity index (χ3n) is 2.93. The number of rotatable bonds is 5. The average molecular weight is 218 g/mol. The van der Waals surface area contributed by atoms with Crippen molar-refractivity contribution >= 4 is 15.4 Å². The molecule has 3 radical (unpaired) electrons. The molecule has 0 saturated heterocycles. The lowest BCUT2D eigenvalue weighted by molar-refractivity contribution is 0.462. The van der Waals surface area contributed by atoms with Gasteiger partial charge < -0.3 is 5.32 Å². The number of benzene rings is 1. The average Bonchev–Trinajstić information content (AvgIpc) is 2.22. The summed E-state index contributed by atoms with van der Waals surface area (Å²) in [6.45, 7) is 7.69. The summed E-state index contributed by atoms with van der Waals surface area (Å²) in [5.74, 6) is 0.582. The Hall–Kier alpha value is -0.603. The molecule has 0 heterocycles. The Kier molecular flexibility index (Phi) is 5.06. The molecule has 0 aliphatic carbocycles. The summed E-state index contributed by atoms with van der Waals surface area (Å²) in [6.07, 6.45) is 1.16. The van der Waals surface area contributed by atoms with E-state index in [0.717, 1.165) is 13.0 Å². The molecule has 0 saturated carbocycles. The van der Waals surface area contributed by atoms with Crippen molar-refractivity contribution in [3.05, 3.63) is 29.8 Å². The largest absolute Gasteiger partial charge is 0.314 e. The van der Waals surface area contributed by atoms with Gasteiger partial charge in [0, 0.05) is 6.04 Å². The summed E-state index contributed by atoms with van der Waals surface area (Å²) in [7, 11) is 3.68. The van der Waals surface area contributed by atoms with Crippen LogP contribution in [0.5, 0.6) is 0 Å². The Morgan fingerprint density at radius 1 is 1.27 bits per heavy atom. The zero-order chi connectivity index (χ0) is 11.3. The van der Waals surface area contributed by atoms with E-state index < -0.39 is 0 Å². The molecule has 0 fully saturated rings. The van der Waals surface area contributed by atoms with Crippen LogP contribution in [0.1, 0.15) is 38.7 Å². The quantitative estimate of drug-likeness (QED) is 0.745. The van der Waals surface area contributed by atoms with E-state index in [1.807, 2.05) is 0 Å². The van der Waals surface area contributed by atoms with Crippen LogP contribution >= 0.6 is 0 Å². The predicted octanol–water partition coefficient (Wildman–Crippen LogP) is 1.97. The molecule has 15 heavy (non-hydrogen) atoms. The summed E-state index contributed by atoms with van der Waals surface area (Å²) in [4.78, 5) is 0. The lowest BCUT2D eigenvalue weighted by Gasteiger charge is -2.25. The molecule has 0 bridgehead atoms. The Morgan fingerprint density at radius 2 is 1.93 bits per heavy atom. The molecule has 1 nitrogen and oxygen atoms in total. The fraction of sp³-hybridized carbons (Fsp3) is 0.538. The van der Waals surface area contributed by atoms with Crippen LogP contribution < -0.4 is 10.5 Å². The van der Waals surface area contributed by atoms with Crippen molar-refractivity contribution in [3.8, 4) is 0 Å². The highest BCUT2D eigenvalue weighted by Crippen LogP contribution is 2.21. The minimum Gasteiger partial charge on any atom is -0.314 e. The van der Waals surface area contributed by atoms with Gasteiger partial charge in [0.1, 0.15) is 0 Å². The predicted molar refractivity (Wildman–Crippen MR) is 68.0 cm³/mol. The maximum absolute atomic E-state index is 3.68. The topological polar surface area (TPSA) is 12.0 Å². The molecule has 2 unspecified atom stereocenters.